The van der Waals surface area contributed by atoms with E-state index in [1.54, 1.807) is 0 Å². The smallest absolute Gasteiger partial charge is 0.191 e. The molecule has 0 atom stereocenters. The minimum absolute atomic E-state index is 0.191. The lowest BCUT2D eigenvalue weighted by Crippen LogP contribution is -2.43. The van der Waals surface area contributed by atoms with Gasteiger partial charge in [-0.25, -0.2) is 4.99 Å². The number of nitrogens with one attached hydrogen (secondary N) is 2. The topological polar surface area (TPSA) is 36.4 Å². The molecule has 1 aromatic rings. The van der Waals surface area contributed by atoms with Gasteiger partial charge in [0.1, 0.15) is 0 Å². The van der Waals surface area contributed by atoms with E-state index in [0.29, 0.717) is 6.54 Å². The number of hydrogen-bond donors (Lipinski definition) is 2. The van der Waals surface area contributed by atoms with Crippen molar-refractivity contribution < 1.29 is 0 Å². The van der Waals surface area contributed by atoms with E-state index < -0.39 is 0 Å². The van der Waals surface area contributed by atoms with E-state index >= 15 is 0 Å². The highest BCUT2D eigenvalue weighted by atomic mass is 35.5. The number of aliphatic imine (C=N–C) groups is 1. The maximum absolute atomic E-state index is 5.88. The molecular formula is C15H24ClN3S. The highest BCUT2D eigenvalue weighted by Crippen LogP contribution is 2.19. The number of thioether (sulfide) groups is 1. The van der Waals surface area contributed by atoms with Crippen molar-refractivity contribution in [1.82, 2.24) is 10.6 Å². The van der Waals surface area contributed by atoms with Gasteiger partial charge in [-0.05, 0) is 44.7 Å². The molecule has 0 unspecified atom stereocenters. The van der Waals surface area contributed by atoms with Crippen molar-refractivity contribution in [3.8, 4) is 0 Å². The van der Waals surface area contributed by atoms with Crippen LogP contribution in [-0.4, -0.2) is 30.1 Å². The van der Waals surface area contributed by atoms with Gasteiger partial charge in [-0.2, -0.15) is 11.8 Å². The van der Waals surface area contributed by atoms with Crippen LogP contribution in [0.2, 0.25) is 5.02 Å². The third-order valence-electron chi connectivity index (χ3n) is 2.91. The van der Waals surface area contributed by atoms with E-state index in [2.05, 4.69) is 42.7 Å². The van der Waals surface area contributed by atoms with Crippen molar-refractivity contribution >= 4 is 29.3 Å². The van der Waals surface area contributed by atoms with Gasteiger partial charge in [-0.3, -0.25) is 0 Å². The molecule has 0 radical (unpaired) electrons. The van der Waals surface area contributed by atoms with Gasteiger partial charge in [-0.1, -0.05) is 23.7 Å². The third kappa shape index (κ3) is 6.53. The number of halogens is 1. The summed E-state index contributed by atoms with van der Waals surface area (Å²) in [6.07, 6.45) is 2.12. The fraction of sp³-hybridized carbons (Fsp3) is 0.533. The number of rotatable bonds is 6. The normalized spacial score (nSPS) is 12.3. The quantitative estimate of drug-likeness (QED) is 0.623. The second-order valence-electron chi connectivity index (χ2n) is 5.14. The van der Waals surface area contributed by atoms with Crippen molar-refractivity contribution in [2.24, 2.45) is 4.99 Å². The maximum atomic E-state index is 5.88. The van der Waals surface area contributed by atoms with Crippen LogP contribution in [0.1, 0.15) is 26.3 Å². The van der Waals surface area contributed by atoms with Gasteiger partial charge in [0.05, 0.1) is 6.54 Å². The van der Waals surface area contributed by atoms with E-state index in [1.165, 1.54) is 0 Å². The van der Waals surface area contributed by atoms with Gasteiger partial charge in [0.15, 0.2) is 5.96 Å². The maximum Gasteiger partial charge on any atom is 0.191 e. The zero-order chi connectivity index (χ0) is 15.0. The van der Waals surface area contributed by atoms with Crippen LogP contribution in [0, 0.1) is 0 Å². The highest BCUT2D eigenvalue weighted by molar-refractivity contribution is 7.99. The van der Waals surface area contributed by atoms with Crippen LogP contribution in [-0.2, 0) is 6.54 Å². The largest absolute Gasteiger partial charge is 0.357 e. The predicted octanol–water partition coefficient (Wildman–Crippen LogP) is 3.54. The Morgan fingerprint density at radius 3 is 2.45 bits per heavy atom. The fourth-order valence-electron chi connectivity index (χ4n) is 1.47. The molecule has 1 aromatic carbocycles. The summed E-state index contributed by atoms with van der Waals surface area (Å²) in [5, 5.41) is 7.40. The van der Waals surface area contributed by atoms with E-state index in [9.17, 15) is 0 Å². The highest BCUT2D eigenvalue weighted by Gasteiger charge is 2.15. The van der Waals surface area contributed by atoms with E-state index in [4.69, 9.17) is 11.6 Å². The summed E-state index contributed by atoms with van der Waals surface area (Å²) >= 11 is 7.72. The van der Waals surface area contributed by atoms with Gasteiger partial charge in [0.25, 0.3) is 0 Å². The second-order valence-corrected chi connectivity index (χ2v) is 7.09. The summed E-state index contributed by atoms with van der Waals surface area (Å²) in [5.41, 5.74) is 1.15. The van der Waals surface area contributed by atoms with Gasteiger partial charge < -0.3 is 10.6 Å². The molecule has 2 N–H and O–H groups in total. The van der Waals surface area contributed by atoms with Crippen molar-refractivity contribution in [1.29, 1.82) is 0 Å². The Bertz CT molecular complexity index is 429. The molecule has 0 aliphatic carbocycles. The molecule has 0 saturated heterocycles. The molecule has 0 fully saturated rings. The first-order valence-electron chi connectivity index (χ1n) is 6.78. The van der Waals surface area contributed by atoms with Crippen LogP contribution >= 0.6 is 23.4 Å². The average Bonchev–Trinajstić information content (AvgIpc) is 2.44. The van der Waals surface area contributed by atoms with Gasteiger partial charge in [0, 0.05) is 22.9 Å². The summed E-state index contributed by atoms with van der Waals surface area (Å²) in [4.78, 5) is 4.59. The van der Waals surface area contributed by atoms with Crippen LogP contribution in [0.15, 0.2) is 29.3 Å². The van der Waals surface area contributed by atoms with Crippen molar-refractivity contribution in [3.05, 3.63) is 34.9 Å². The van der Waals surface area contributed by atoms with Crippen LogP contribution in [0.5, 0.6) is 0 Å². The zero-order valence-electron chi connectivity index (χ0n) is 12.7. The van der Waals surface area contributed by atoms with E-state index in [-0.39, 0.29) is 4.75 Å². The Hall–Kier alpha value is -0.870. The molecule has 0 amide bonds. The molecule has 20 heavy (non-hydrogen) atoms. The summed E-state index contributed by atoms with van der Waals surface area (Å²) in [5.74, 6) is 0.851. The van der Waals surface area contributed by atoms with E-state index in [0.717, 1.165) is 29.6 Å². The van der Waals surface area contributed by atoms with Gasteiger partial charge in [-0.15, -0.1) is 0 Å². The molecule has 1 rings (SSSR count). The predicted molar refractivity (Wildman–Crippen MR) is 91.9 cm³/mol. The Balaban J connectivity index is 2.60. The molecule has 0 aliphatic rings. The summed E-state index contributed by atoms with van der Waals surface area (Å²) < 4.78 is 0.191. The van der Waals surface area contributed by atoms with Crippen LogP contribution in [0.25, 0.3) is 0 Å². The molecule has 0 saturated carbocycles. The Morgan fingerprint density at radius 1 is 1.25 bits per heavy atom. The van der Waals surface area contributed by atoms with Crippen LogP contribution in [0.4, 0.5) is 0 Å². The molecule has 0 spiro atoms. The number of hydrogen-bond acceptors (Lipinski definition) is 2. The third-order valence-corrected chi connectivity index (χ3v) is 4.41. The van der Waals surface area contributed by atoms with Crippen molar-refractivity contribution in [2.75, 3.05) is 19.3 Å². The summed E-state index contributed by atoms with van der Waals surface area (Å²) in [6.45, 7) is 8.87. The average molecular weight is 314 g/mol. The minimum Gasteiger partial charge on any atom is -0.357 e. The summed E-state index contributed by atoms with van der Waals surface area (Å²) in [6, 6.07) is 7.79. The van der Waals surface area contributed by atoms with Gasteiger partial charge >= 0.3 is 0 Å². The molecule has 0 aromatic heterocycles. The number of guanidine groups is 1. The molecule has 0 aliphatic heterocycles. The van der Waals surface area contributed by atoms with Crippen LogP contribution < -0.4 is 10.6 Å². The molecule has 0 bridgehead atoms. The van der Waals surface area contributed by atoms with Crippen molar-refractivity contribution in [2.45, 2.75) is 32.1 Å². The molecular weight excluding hydrogens is 290 g/mol. The lowest BCUT2D eigenvalue weighted by Gasteiger charge is -2.23. The molecule has 3 nitrogen and oxygen atoms in total. The number of benzene rings is 1. The Kier molecular flexibility index (Phi) is 7.24. The standard InChI is InChI=1S/C15H24ClN3S/c1-5-17-14(19-11-15(2,3)20-4)18-10-12-6-8-13(16)9-7-12/h6-9H,5,10-11H2,1-4H3,(H2,17,18,19). The summed E-state index contributed by atoms with van der Waals surface area (Å²) in [7, 11) is 0. The lowest BCUT2D eigenvalue weighted by atomic mass is 10.2. The van der Waals surface area contributed by atoms with Crippen molar-refractivity contribution in [3.63, 3.8) is 0 Å². The SMILES string of the molecule is CCNC(=NCc1ccc(Cl)cc1)NCC(C)(C)SC. The van der Waals surface area contributed by atoms with Gasteiger partial charge in [0.2, 0.25) is 0 Å². The van der Waals surface area contributed by atoms with Crippen LogP contribution in [0.3, 0.4) is 0 Å². The Labute approximate surface area is 131 Å². The lowest BCUT2D eigenvalue weighted by molar-refractivity contribution is 0.665. The Morgan fingerprint density at radius 2 is 1.90 bits per heavy atom. The first-order valence-corrected chi connectivity index (χ1v) is 8.39. The first kappa shape index (κ1) is 17.2. The molecule has 0 heterocycles. The second kappa shape index (κ2) is 8.42. The fourth-order valence-corrected chi connectivity index (χ4v) is 1.81. The minimum atomic E-state index is 0.191. The monoisotopic (exact) mass is 313 g/mol. The molecule has 5 heteroatoms. The van der Waals surface area contributed by atoms with E-state index in [1.807, 2.05) is 36.0 Å². The first-order chi connectivity index (χ1) is 9.46. The molecule has 112 valence electrons. The number of nitrogens with zero attached hydrogens (tertiary/aromatic N) is 1. The zero-order valence-corrected chi connectivity index (χ0v) is 14.2.